The number of hydrogen-bond donors (Lipinski definition) is 0. The minimum Gasteiger partial charge on any atom is -0.456 e. The van der Waals surface area contributed by atoms with E-state index in [1.807, 2.05) is 103 Å². The summed E-state index contributed by atoms with van der Waals surface area (Å²) in [6, 6.07) is 33.6. The summed E-state index contributed by atoms with van der Waals surface area (Å²) in [5.74, 6) is 0. The van der Waals surface area contributed by atoms with E-state index in [-0.39, 0.29) is 41.8 Å². The van der Waals surface area contributed by atoms with Gasteiger partial charge in [0.1, 0.15) is 11.2 Å². The molecule has 0 aliphatic heterocycles. The van der Waals surface area contributed by atoms with E-state index >= 15 is 0 Å². The van der Waals surface area contributed by atoms with Gasteiger partial charge in [0.05, 0.1) is 12.3 Å². The third kappa shape index (κ3) is 4.09. The van der Waals surface area contributed by atoms with Crippen LogP contribution in [0.3, 0.4) is 0 Å². The van der Waals surface area contributed by atoms with Crippen molar-refractivity contribution in [3.8, 4) is 44.5 Å². The van der Waals surface area contributed by atoms with E-state index in [0.717, 1.165) is 38.1 Å². The molecule has 0 saturated carbocycles. The maximum absolute atomic E-state index is 9.30. The lowest BCUT2D eigenvalue weighted by atomic mass is 9.83. The molecule has 0 aliphatic carbocycles. The molecular formula is C44H28O. The molecule has 210 valence electrons. The van der Waals surface area contributed by atoms with Crippen LogP contribution in [0.5, 0.6) is 0 Å². The van der Waals surface area contributed by atoms with E-state index in [0.29, 0.717) is 44.4 Å². The van der Waals surface area contributed by atoms with E-state index in [2.05, 4.69) is 0 Å². The molecule has 1 heteroatoms. The van der Waals surface area contributed by atoms with Crippen molar-refractivity contribution in [1.82, 2.24) is 0 Å². The summed E-state index contributed by atoms with van der Waals surface area (Å²) in [6.45, 7) is 0. The Labute approximate surface area is 274 Å². The molecule has 9 rings (SSSR count). The summed E-state index contributed by atoms with van der Waals surface area (Å²) in [5, 5.41) is 4.83. The Morgan fingerprint density at radius 2 is 0.978 bits per heavy atom. The van der Waals surface area contributed by atoms with Crippen LogP contribution in [0, 0.1) is 0 Å². The van der Waals surface area contributed by atoms with Crippen LogP contribution in [-0.2, 0) is 0 Å². The molecule has 9 aromatic rings. The maximum atomic E-state index is 9.30. The van der Waals surface area contributed by atoms with E-state index < -0.39 is 18.1 Å². The van der Waals surface area contributed by atoms with Crippen molar-refractivity contribution in [2.45, 2.75) is 0 Å². The average molecular weight is 582 g/mol. The van der Waals surface area contributed by atoms with E-state index in [9.17, 15) is 1.37 Å². The first-order chi connectivity index (χ1) is 26.1. The molecule has 0 bridgehead atoms. The van der Waals surface area contributed by atoms with Crippen molar-refractivity contribution < 1.29 is 16.8 Å². The van der Waals surface area contributed by atoms with Gasteiger partial charge in [-0.2, -0.15) is 0 Å². The van der Waals surface area contributed by atoms with Crippen molar-refractivity contribution in [2.75, 3.05) is 0 Å². The zero-order chi connectivity index (χ0) is 37.6. The van der Waals surface area contributed by atoms with Gasteiger partial charge in [0.2, 0.25) is 0 Å². The normalized spacial score (nSPS) is 14.4. The lowest BCUT2D eigenvalue weighted by Gasteiger charge is -2.20. The first-order valence-corrected chi connectivity index (χ1v) is 14.7. The molecule has 0 atom stereocenters. The van der Waals surface area contributed by atoms with Crippen molar-refractivity contribution in [1.29, 1.82) is 0 Å². The minimum absolute atomic E-state index is 0.108. The fraction of sp³-hybridized carbons (Fsp3) is 0. The molecule has 0 fully saturated rings. The van der Waals surface area contributed by atoms with Gasteiger partial charge in [0.25, 0.3) is 0 Å². The largest absolute Gasteiger partial charge is 0.456 e. The third-order valence-corrected chi connectivity index (χ3v) is 8.48. The number of benzene rings is 8. The second kappa shape index (κ2) is 10.4. The van der Waals surface area contributed by atoms with Crippen molar-refractivity contribution >= 4 is 43.5 Å². The quantitative estimate of drug-likeness (QED) is 0.188. The van der Waals surface area contributed by atoms with Gasteiger partial charge in [-0.3, -0.25) is 0 Å². The van der Waals surface area contributed by atoms with E-state index in [4.69, 9.17) is 15.4 Å². The highest BCUT2D eigenvalue weighted by Gasteiger charge is 2.21. The molecule has 0 spiro atoms. The fourth-order valence-electron chi connectivity index (χ4n) is 6.59. The van der Waals surface area contributed by atoms with Crippen molar-refractivity contribution in [3.05, 3.63) is 170 Å². The molecule has 0 amide bonds. The fourth-order valence-corrected chi connectivity index (χ4v) is 6.59. The molecule has 1 nitrogen and oxygen atoms in total. The summed E-state index contributed by atoms with van der Waals surface area (Å²) in [5.41, 5.74) is 5.73. The van der Waals surface area contributed by atoms with Crippen LogP contribution in [0.4, 0.5) is 0 Å². The van der Waals surface area contributed by atoms with Crippen LogP contribution in [0.15, 0.2) is 174 Å². The predicted molar refractivity (Wildman–Crippen MR) is 190 cm³/mol. The molecule has 8 aromatic carbocycles. The topological polar surface area (TPSA) is 13.1 Å². The molecule has 1 heterocycles. The summed E-state index contributed by atoms with van der Waals surface area (Å²) in [4.78, 5) is 0. The van der Waals surface area contributed by atoms with Crippen LogP contribution in [0.25, 0.3) is 88.0 Å². The van der Waals surface area contributed by atoms with Crippen molar-refractivity contribution in [2.24, 2.45) is 0 Å². The van der Waals surface area contributed by atoms with Crippen LogP contribution < -0.4 is 0 Å². The molecular weight excluding hydrogens is 544 g/mol. The Morgan fingerprint density at radius 3 is 1.67 bits per heavy atom. The lowest BCUT2D eigenvalue weighted by molar-refractivity contribution is 0.669. The molecule has 0 unspecified atom stereocenters. The Bertz CT molecular complexity index is 2960. The first-order valence-electron chi connectivity index (χ1n) is 19.2. The lowest BCUT2D eigenvalue weighted by Crippen LogP contribution is -1.93. The van der Waals surface area contributed by atoms with Crippen LogP contribution in [-0.4, -0.2) is 0 Å². The number of fused-ring (bicyclic) bond motifs is 5. The van der Waals surface area contributed by atoms with Gasteiger partial charge in [-0.1, -0.05) is 151 Å². The Morgan fingerprint density at radius 1 is 0.378 bits per heavy atom. The summed E-state index contributed by atoms with van der Waals surface area (Å²) in [6.07, 6.45) is 0. The highest BCUT2D eigenvalue weighted by molar-refractivity contribution is 6.26. The highest BCUT2D eigenvalue weighted by atomic mass is 16.3. The monoisotopic (exact) mass is 581 g/mol. The minimum atomic E-state index is -0.449. The summed E-state index contributed by atoms with van der Waals surface area (Å²) < 4.78 is 84.0. The van der Waals surface area contributed by atoms with Crippen LogP contribution in [0.1, 0.15) is 12.3 Å². The van der Waals surface area contributed by atoms with Gasteiger partial charge in [0, 0.05) is 10.8 Å². The van der Waals surface area contributed by atoms with Gasteiger partial charge in [-0.05, 0) is 84.3 Å². The average Bonchev–Trinajstić information content (AvgIpc) is 3.58. The summed E-state index contributed by atoms with van der Waals surface area (Å²) in [7, 11) is 0. The smallest absolute Gasteiger partial charge is 0.136 e. The molecule has 45 heavy (non-hydrogen) atoms. The SMILES string of the molecule is [2H]c1c([2H])c([2H])c(-c2ccc3oc4cccc(-c5c6ccccc6c(-c6c([2H])c([2H])c([2H])c([2H])c6-c6ccccc6)c6ccccc56)c4c3c2)c([2H])c1[2H]. The molecule has 1 aromatic heterocycles. The van der Waals surface area contributed by atoms with E-state index in [1.165, 1.54) is 0 Å². The van der Waals surface area contributed by atoms with Gasteiger partial charge in [0.15, 0.2) is 0 Å². The number of furan rings is 1. The van der Waals surface area contributed by atoms with E-state index in [1.54, 1.807) is 12.1 Å². The molecule has 0 radical (unpaired) electrons. The number of rotatable bonds is 4. The van der Waals surface area contributed by atoms with Gasteiger partial charge in [-0.15, -0.1) is 0 Å². The maximum Gasteiger partial charge on any atom is 0.136 e. The Balaban J connectivity index is 1.40. The van der Waals surface area contributed by atoms with Crippen molar-refractivity contribution in [3.63, 3.8) is 0 Å². The third-order valence-electron chi connectivity index (χ3n) is 8.48. The molecule has 0 aliphatic rings. The first kappa shape index (κ1) is 18.0. The standard InChI is InChI=1S/C44H28O/c1-3-14-29(15-4-1)31-26-27-40-39(28-31)44-38(24-13-25-41(44)45-40)43-36-22-11-9-20-34(36)42(35-21-10-12-23-37(35)43)33-19-8-7-18-32(33)30-16-5-2-6-17-30/h1-28H/i1D,3D,4D,7D,8D,14D,15D,18D,19D. The van der Waals surface area contributed by atoms with Crippen LogP contribution in [0.2, 0.25) is 0 Å². The molecule has 0 N–H and O–H groups in total. The molecule has 0 saturated heterocycles. The van der Waals surface area contributed by atoms with Gasteiger partial charge in [-0.25, -0.2) is 0 Å². The summed E-state index contributed by atoms with van der Waals surface area (Å²) >= 11 is 0. The second-order valence-electron chi connectivity index (χ2n) is 10.9. The van der Waals surface area contributed by atoms with Crippen LogP contribution >= 0.6 is 0 Å². The zero-order valence-electron chi connectivity index (χ0n) is 32.9. The Kier molecular flexibility index (Phi) is 4.15. The predicted octanol–water partition coefficient (Wildman–Crippen LogP) is 12.6. The Hall–Kier alpha value is -5.92. The van der Waals surface area contributed by atoms with Gasteiger partial charge < -0.3 is 4.42 Å². The number of hydrogen-bond acceptors (Lipinski definition) is 1. The zero-order valence-corrected chi connectivity index (χ0v) is 23.9. The second-order valence-corrected chi connectivity index (χ2v) is 10.9. The highest BCUT2D eigenvalue weighted by Crippen LogP contribution is 2.48. The van der Waals surface area contributed by atoms with Gasteiger partial charge >= 0.3 is 0 Å².